The Morgan fingerprint density at radius 3 is 2.37 bits per heavy atom. The topological polar surface area (TPSA) is 117 Å². The monoisotopic (exact) mass is 604 g/mol. The molecule has 3 fully saturated rings. The third-order valence-electron chi connectivity index (χ3n) is 8.35. The van der Waals surface area contributed by atoms with E-state index in [4.69, 9.17) is 11.6 Å². The summed E-state index contributed by atoms with van der Waals surface area (Å²) in [6, 6.07) is 12.0. The number of halogens is 3. The Kier molecular flexibility index (Phi) is 7.51. The zero-order valence-electron chi connectivity index (χ0n) is 22.7. The molecule has 3 saturated carbocycles. The summed E-state index contributed by atoms with van der Waals surface area (Å²) >= 11 is 6.29. The van der Waals surface area contributed by atoms with Gasteiger partial charge in [0.1, 0.15) is 11.7 Å². The summed E-state index contributed by atoms with van der Waals surface area (Å²) in [6.45, 7) is 6.00. The highest BCUT2D eigenvalue weighted by Crippen LogP contribution is 2.60. The van der Waals surface area contributed by atoms with E-state index < -0.39 is 56.2 Å². The van der Waals surface area contributed by atoms with Crippen LogP contribution in [-0.4, -0.2) is 40.4 Å². The van der Waals surface area contributed by atoms with Gasteiger partial charge in [0.2, 0.25) is 0 Å². The Hall–Kier alpha value is -2.92. The number of carbonyl (C=O) groups excluding carboxylic acids is 1. The van der Waals surface area contributed by atoms with Gasteiger partial charge in [-0.3, -0.25) is 9.78 Å². The van der Waals surface area contributed by atoms with Gasteiger partial charge in [-0.1, -0.05) is 38.4 Å². The van der Waals surface area contributed by atoms with E-state index in [0.717, 1.165) is 23.9 Å². The van der Waals surface area contributed by atoms with Crippen LogP contribution in [0.15, 0.2) is 59.5 Å². The number of aliphatic hydroxyl groups excluding tert-OH is 1. The second-order valence-electron chi connectivity index (χ2n) is 12.0. The molecule has 3 unspecified atom stereocenters. The van der Waals surface area contributed by atoms with Crippen LogP contribution in [0.4, 0.5) is 14.5 Å². The maximum atomic E-state index is 13.7. The Balaban J connectivity index is 1.35. The SMILES string of the molecule is CC(C)(C)c1cccc(C(O)C2(O)C3CC2CC(S(=O)(=O)c2cc(C(=O)Nc4ccc(F)c(F)c4)ccc2Cl)C3)n1. The Morgan fingerprint density at radius 2 is 1.73 bits per heavy atom. The van der Waals surface area contributed by atoms with Crippen molar-refractivity contribution in [2.45, 2.75) is 67.3 Å². The molecule has 3 aliphatic carbocycles. The average molecular weight is 605 g/mol. The van der Waals surface area contributed by atoms with Crippen molar-refractivity contribution in [3.63, 3.8) is 0 Å². The van der Waals surface area contributed by atoms with E-state index in [9.17, 15) is 32.2 Å². The maximum Gasteiger partial charge on any atom is 0.255 e. The summed E-state index contributed by atoms with van der Waals surface area (Å²) in [6.07, 6.45) is -0.493. The first kappa shape index (κ1) is 29.6. The van der Waals surface area contributed by atoms with Crippen LogP contribution in [0.3, 0.4) is 0 Å². The zero-order chi connectivity index (χ0) is 29.9. The van der Waals surface area contributed by atoms with Gasteiger partial charge in [0, 0.05) is 28.4 Å². The van der Waals surface area contributed by atoms with Crippen LogP contribution >= 0.6 is 11.6 Å². The van der Waals surface area contributed by atoms with Gasteiger partial charge in [0.15, 0.2) is 21.5 Å². The molecule has 7 nitrogen and oxygen atoms in total. The number of aliphatic hydroxyl groups is 2. The second-order valence-corrected chi connectivity index (χ2v) is 14.6. The van der Waals surface area contributed by atoms with E-state index in [1.54, 1.807) is 12.1 Å². The highest BCUT2D eigenvalue weighted by atomic mass is 35.5. The van der Waals surface area contributed by atoms with Gasteiger partial charge in [-0.2, -0.15) is 0 Å². The van der Waals surface area contributed by atoms with Gasteiger partial charge >= 0.3 is 0 Å². The fourth-order valence-corrected chi connectivity index (χ4v) is 8.37. The molecule has 2 aromatic carbocycles. The summed E-state index contributed by atoms with van der Waals surface area (Å²) in [7, 11) is -4.03. The van der Waals surface area contributed by atoms with Gasteiger partial charge in [-0.25, -0.2) is 17.2 Å². The first-order chi connectivity index (χ1) is 19.1. The molecule has 0 saturated heterocycles. The predicted octanol–water partition coefficient (Wildman–Crippen LogP) is 5.60. The van der Waals surface area contributed by atoms with Crippen molar-refractivity contribution in [2.24, 2.45) is 11.8 Å². The lowest BCUT2D eigenvalue weighted by Crippen LogP contribution is -2.64. The van der Waals surface area contributed by atoms with Crippen molar-refractivity contribution in [2.75, 3.05) is 5.32 Å². The van der Waals surface area contributed by atoms with Crippen LogP contribution in [0.25, 0.3) is 0 Å². The number of hydrogen-bond acceptors (Lipinski definition) is 6. The number of anilines is 1. The largest absolute Gasteiger partial charge is 0.386 e. The van der Waals surface area contributed by atoms with E-state index in [0.29, 0.717) is 12.1 Å². The molecule has 218 valence electrons. The molecule has 3 atom stereocenters. The smallest absolute Gasteiger partial charge is 0.255 e. The number of pyridine rings is 1. The van der Waals surface area contributed by atoms with Gasteiger partial charge in [0.25, 0.3) is 5.91 Å². The van der Waals surface area contributed by atoms with Crippen molar-refractivity contribution in [3.8, 4) is 0 Å². The minimum atomic E-state index is -4.03. The number of aromatic nitrogens is 1. The number of fused-ring (bicyclic) bond motifs is 2. The van der Waals surface area contributed by atoms with E-state index in [-0.39, 0.29) is 39.4 Å². The van der Waals surface area contributed by atoms with Crippen LogP contribution in [0.5, 0.6) is 0 Å². The maximum absolute atomic E-state index is 13.7. The second kappa shape index (κ2) is 10.4. The lowest BCUT2D eigenvalue weighted by molar-refractivity contribution is -0.234. The zero-order valence-corrected chi connectivity index (χ0v) is 24.3. The highest BCUT2D eigenvalue weighted by Gasteiger charge is 2.63. The third kappa shape index (κ3) is 5.27. The molecule has 1 heterocycles. The highest BCUT2D eigenvalue weighted by molar-refractivity contribution is 7.92. The van der Waals surface area contributed by atoms with E-state index >= 15 is 0 Å². The minimum absolute atomic E-state index is 0.000922. The van der Waals surface area contributed by atoms with Crippen molar-refractivity contribution in [1.29, 1.82) is 0 Å². The normalized spacial score (nSPS) is 24.8. The van der Waals surface area contributed by atoms with Crippen LogP contribution in [0.2, 0.25) is 5.02 Å². The number of nitrogens with one attached hydrogen (secondary N) is 1. The van der Waals surface area contributed by atoms with Crippen LogP contribution in [0, 0.1) is 23.5 Å². The molecular weight excluding hydrogens is 574 g/mol. The van der Waals surface area contributed by atoms with E-state index in [1.165, 1.54) is 18.2 Å². The first-order valence-corrected chi connectivity index (χ1v) is 15.2. The fraction of sp³-hybridized carbons (Fsp3) is 0.400. The average Bonchev–Trinajstić information content (AvgIpc) is 2.93. The van der Waals surface area contributed by atoms with E-state index in [1.807, 2.05) is 26.8 Å². The van der Waals surface area contributed by atoms with Crippen molar-refractivity contribution in [1.82, 2.24) is 4.98 Å². The van der Waals surface area contributed by atoms with Crippen LogP contribution < -0.4 is 5.32 Å². The Labute approximate surface area is 242 Å². The Morgan fingerprint density at radius 1 is 1.05 bits per heavy atom. The molecule has 3 aliphatic rings. The van der Waals surface area contributed by atoms with Crippen molar-refractivity contribution < 1.29 is 32.2 Å². The minimum Gasteiger partial charge on any atom is -0.386 e. The number of amides is 1. The summed E-state index contributed by atoms with van der Waals surface area (Å²) in [5.74, 6) is -3.88. The lowest BCUT2D eigenvalue weighted by atomic mass is 9.51. The molecular formula is C30H31ClF2N2O5S. The van der Waals surface area contributed by atoms with Gasteiger partial charge in [0.05, 0.1) is 20.9 Å². The third-order valence-corrected chi connectivity index (χ3v) is 11.0. The molecule has 3 N–H and O–H groups in total. The van der Waals surface area contributed by atoms with Crippen LogP contribution in [0.1, 0.15) is 67.9 Å². The summed E-state index contributed by atoms with van der Waals surface area (Å²) in [5.41, 5.74) is -0.681. The van der Waals surface area contributed by atoms with Crippen molar-refractivity contribution in [3.05, 3.63) is 88.2 Å². The van der Waals surface area contributed by atoms with Gasteiger partial charge in [-0.05, 0) is 73.6 Å². The summed E-state index contributed by atoms with van der Waals surface area (Å²) in [5, 5.41) is 24.3. The summed E-state index contributed by atoms with van der Waals surface area (Å²) in [4.78, 5) is 17.1. The fourth-order valence-electron chi connectivity index (χ4n) is 5.97. The molecule has 41 heavy (non-hydrogen) atoms. The number of hydrogen-bond donors (Lipinski definition) is 3. The number of sulfone groups is 1. The van der Waals surface area contributed by atoms with Gasteiger partial charge in [-0.15, -0.1) is 0 Å². The molecule has 2 bridgehead atoms. The molecule has 0 spiro atoms. The number of rotatable bonds is 6. The molecule has 6 rings (SSSR count). The molecule has 0 aliphatic heterocycles. The molecule has 0 radical (unpaired) electrons. The predicted molar refractivity (Wildman–Crippen MR) is 150 cm³/mol. The number of carbonyl (C=O) groups is 1. The van der Waals surface area contributed by atoms with Crippen LogP contribution in [-0.2, 0) is 15.3 Å². The molecule has 3 aromatic rings. The molecule has 1 aromatic heterocycles. The molecule has 11 heteroatoms. The summed E-state index contributed by atoms with van der Waals surface area (Å²) < 4.78 is 54.2. The number of nitrogens with zero attached hydrogens (tertiary/aromatic N) is 1. The lowest BCUT2D eigenvalue weighted by Gasteiger charge is -2.59. The van der Waals surface area contributed by atoms with E-state index in [2.05, 4.69) is 10.3 Å². The molecule has 1 amide bonds. The first-order valence-electron chi connectivity index (χ1n) is 13.3. The number of benzene rings is 2. The van der Waals surface area contributed by atoms with Crippen molar-refractivity contribution >= 4 is 33.0 Å². The quantitative estimate of drug-likeness (QED) is 0.337. The Bertz CT molecular complexity index is 1610. The van der Waals surface area contributed by atoms with Gasteiger partial charge < -0.3 is 15.5 Å². The standard InChI is InChI=1S/C30H31ClF2N2O5S/c1-29(2,3)26-6-4-5-24(35-26)27(36)30(38)17-12-18(30)14-20(13-17)41(39,40)25-11-16(7-9-21(25)31)28(37)34-19-8-10-22(32)23(33)15-19/h4-11,15,17-18,20,27,36,38H,12-14H2,1-3H3,(H,34,37).